The molecule has 0 aliphatic carbocycles. The van der Waals surface area contributed by atoms with Crippen LogP contribution in [0.5, 0.6) is 0 Å². The lowest BCUT2D eigenvalue weighted by atomic mass is 9.95. The molecule has 26 heavy (non-hydrogen) atoms. The van der Waals surface area contributed by atoms with Gasteiger partial charge < -0.3 is 4.74 Å². The van der Waals surface area contributed by atoms with Crippen molar-refractivity contribution in [3.05, 3.63) is 83.9 Å². The molecule has 4 heteroatoms. The van der Waals surface area contributed by atoms with E-state index in [1.54, 1.807) is 11.0 Å². The smallest absolute Gasteiger partial charge is 0.411 e. The normalized spacial score (nSPS) is 19.4. The number of rotatable bonds is 5. The quantitative estimate of drug-likeness (QED) is 0.814. The summed E-state index contributed by atoms with van der Waals surface area (Å²) in [6, 6.07) is 18.8. The minimum Gasteiger partial charge on any atom is -0.445 e. The van der Waals surface area contributed by atoms with Crippen LogP contribution in [0.1, 0.15) is 24.5 Å². The van der Waals surface area contributed by atoms with Crippen molar-refractivity contribution in [2.24, 2.45) is 0 Å². The number of benzene rings is 2. The zero-order chi connectivity index (χ0) is 18.4. The lowest BCUT2D eigenvalue weighted by Crippen LogP contribution is -2.52. The van der Waals surface area contributed by atoms with Gasteiger partial charge in [-0.25, -0.2) is 4.79 Å². The summed E-state index contributed by atoms with van der Waals surface area (Å²) < 4.78 is 5.52. The number of hydrogen-bond acceptors (Lipinski definition) is 3. The Balaban J connectivity index is 1.77. The van der Waals surface area contributed by atoms with Crippen molar-refractivity contribution >= 4 is 11.9 Å². The second kappa shape index (κ2) is 8.48. The molecule has 2 atom stereocenters. The van der Waals surface area contributed by atoms with Gasteiger partial charge in [-0.05, 0) is 30.0 Å². The van der Waals surface area contributed by atoms with E-state index in [1.807, 2.05) is 73.7 Å². The molecule has 0 N–H and O–H groups in total. The fourth-order valence-corrected chi connectivity index (χ4v) is 3.25. The van der Waals surface area contributed by atoms with E-state index in [0.717, 1.165) is 11.1 Å². The fourth-order valence-electron chi connectivity index (χ4n) is 3.25. The molecule has 0 fully saturated rings. The van der Waals surface area contributed by atoms with Gasteiger partial charge in [0.1, 0.15) is 6.61 Å². The number of carbonyl (C=O) groups is 2. The van der Waals surface area contributed by atoms with Crippen molar-refractivity contribution < 1.29 is 14.3 Å². The van der Waals surface area contributed by atoms with Crippen LogP contribution >= 0.6 is 0 Å². The topological polar surface area (TPSA) is 46.6 Å². The molecule has 0 bridgehead atoms. The molecule has 134 valence electrons. The number of nitrogens with zero attached hydrogens (tertiary/aromatic N) is 1. The van der Waals surface area contributed by atoms with E-state index in [9.17, 15) is 9.59 Å². The number of carbonyl (C=O) groups excluding carboxylic acids is 2. The number of ketones is 1. The Hall–Kier alpha value is -2.88. The lowest BCUT2D eigenvalue weighted by molar-refractivity contribution is -0.120. The zero-order valence-corrected chi connectivity index (χ0v) is 14.9. The second-order valence-corrected chi connectivity index (χ2v) is 6.39. The van der Waals surface area contributed by atoms with Crippen LogP contribution in [0.3, 0.4) is 0 Å². The summed E-state index contributed by atoms with van der Waals surface area (Å²) in [4.78, 5) is 26.7. The first-order chi connectivity index (χ1) is 12.7. The van der Waals surface area contributed by atoms with Crippen LogP contribution in [0.4, 0.5) is 4.79 Å². The van der Waals surface area contributed by atoms with Crippen LogP contribution in [0.2, 0.25) is 0 Å². The maximum absolute atomic E-state index is 12.8. The van der Waals surface area contributed by atoms with Gasteiger partial charge in [0, 0.05) is 0 Å². The van der Waals surface area contributed by atoms with Gasteiger partial charge in [0.15, 0.2) is 5.78 Å². The van der Waals surface area contributed by atoms with Crippen molar-refractivity contribution in [2.75, 3.05) is 0 Å². The summed E-state index contributed by atoms with van der Waals surface area (Å²) in [5, 5.41) is 0. The van der Waals surface area contributed by atoms with Gasteiger partial charge in [0.25, 0.3) is 0 Å². The predicted molar refractivity (Wildman–Crippen MR) is 101 cm³/mol. The van der Waals surface area contributed by atoms with Crippen LogP contribution in [0, 0.1) is 0 Å². The maximum atomic E-state index is 12.8. The molecule has 3 rings (SSSR count). The van der Waals surface area contributed by atoms with Gasteiger partial charge in [-0.2, -0.15) is 0 Å². The number of ether oxygens (including phenoxy) is 1. The highest BCUT2D eigenvalue weighted by Gasteiger charge is 2.36. The van der Waals surface area contributed by atoms with Crippen molar-refractivity contribution in [2.45, 2.75) is 38.5 Å². The Kier molecular flexibility index (Phi) is 5.84. The number of amides is 1. The molecular formula is C22H23NO3. The fraction of sp³-hybridized carbons (Fsp3) is 0.273. The highest BCUT2D eigenvalue weighted by molar-refractivity contribution is 5.97. The second-order valence-electron chi connectivity index (χ2n) is 6.39. The van der Waals surface area contributed by atoms with Gasteiger partial charge in [-0.1, -0.05) is 73.7 Å². The van der Waals surface area contributed by atoms with E-state index in [0.29, 0.717) is 12.8 Å². The largest absolute Gasteiger partial charge is 0.445 e. The van der Waals surface area contributed by atoms with Crippen LogP contribution in [0.25, 0.3) is 0 Å². The van der Waals surface area contributed by atoms with E-state index in [-0.39, 0.29) is 18.4 Å². The Labute approximate surface area is 154 Å². The summed E-state index contributed by atoms with van der Waals surface area (Å²) in [6.45, 7) is 2.11. The highest BCUT2D eigenvalue weighted by atomic mass is 16.6. The highest BCUT2D eigenvalue weighted by Crippen LogP contribution is 2.22. The number of hydrogen-bond donors (Lipinski definition) is 0. The van der Waals surface area contributed by atoms with Crippen LogP contribution in [-0.2, 0) is 22.6 Å². The van der Waals surface area contributed by atoms with Gasteiger partial charge in [-0.3, -0.25) is 9.69 Å². The molecule has 0 unspecified atom stereocenters. The molecule has 2 aromatic carbocycles. The van der Waals surface area contributed by atoms with Crippen molar-refractivity contribution in [3.63, 3.8) is 0 Å². The molecule has 1 aliphatic heterocycles. The van der Waals surface area contributed by atoms with Crippen LogP contribution in [0.15, 0.2) is 72.8 Å². The lowest BCUT2D eigenvalue weighted by Gasteiger charge is -2.37. The van der Waals surface area contributed by atoms with Gasteiger partial charge in [-0.15, -0.1) is 0 Å². The first kappa shape index (κ1) is 17.9. The van der Waals surface area contributed by atoms with E-state index >= 15 is 0 Å². The van der Waals surface area contributed by atoms with E-state index in [2.05, 4.69) is 0 Å². The van der Waals surface area contributed by atoms with Crippen molar-refractivity contribution in [3.8, 4) is 0 Å². The van der Waals surface area contributed by atoms with Gasteiger partial charge >= 0.3 is 6.09 Å². The SMILES string of the molecule is CC[C@H]1C(=O)C=C[C@@H](Cc2ccccc2)N1C(=O)OCc1ccccc1. The molecule has 0 saturated carbocycles. The molecule has 2 aromatic rings. The minimum atomic E-state index is -0.475. The molecule has 0 aromatic heterocycles. The average Bonchev–Trinajstić information content (AvgIpc) is 2.68. The van der Waals surface area contributed by atoms with E-state index < -0.39 is 12.1 Å². The Bertz CT molecular complexity index is 770. The Morgan fingerprint density at radius 2 is 1.62 bits per heavy atom. The molecule has 1 amide bonds. The molecule has 0 saturated heterocycles. The third kappa shape index (κ3) is 4.20. The molecule has 1 heterocycles. The summed E-state index contributed by atoms with van der Waals surface area (Å²) in [5.74, 6) is -0.0477. The monoisotopic (exact) mass is 349 g/mol. The zero-order valence-electron chi connectivity index (χ0n) is 14.9. The standard InChI is InChI=1S/C22H23NO3/c1-2-20-21(24)14-13-19(15-17-9-5-3-6-10-17)23(20)22(25)26-16-18-11-7-4-8-12-18/h3-14,19-20H,2,15-16H2,1H3/t19-,20-/m0/s1. The molecular weight excluding hydrogens is 326 g/mol. The first-order valence-electron chi connectivity index (χ1n) is 8.94. The molecule has 1 aliphatic rings. The minimum absolute atomic E-state index is 0.0477. The van der Waals surface area contributed by atoms with Crippen LogP contribution < -0.4 is 0 Å². The van der Waals surface area contributed by atoms with E-state index in [4.69, 9.17) is 4.74 Å². The summed E-state index contributed by atoms with van der Waals surface area (Å²) >= 11 is 0. The predicted octanol–water partition coefficient (Wildman–Crippen LogP) is 4.15. The third-order valence-electron chi connectivity index (χ3n) is 4.59. The third-order valence-corrected chi connectivity index (χ3v) is 4.59. The van der Waals surface area contributed by atoms with Gasteiger partial charge in [0.2, 0.25) is 0 Å². The summed E-state index contributed by atoms with van der Waals surface area (Å²) in [6.07, 6.45) is 4.18. The van der Waals surface area contributed by atoms with Crippen molar-refractivity contribution in [1.29, 1.82) is 0 Å². The average molecular weight is 349 g/mol. The van der Waals surface area contributed by atoms with E-state index in [1.165, 1.54) is 0 Å². The molecule has 0 spiro atoms. The Morgan fingerprint density at radius 3 is 2.23 bits per heavy atom. The van der Waals surface area contributed by atoms with Crippen LogP contribution in [-0.4, -0.2) is 28.9 Å². The summed E-state index contributed by atoms with van der Waals surface area (Å²) in [7, 11) is 0. The summed E-state index contributed by atoms with van der Waals surface area (Å²) in [5.41, 5.74) is 2.04. The molecule has 0 radical (unpaired) electrons. The van der Waals surface area contributed by atoms with Gasteiger partial charge in [0.05, 0.1) is 12.1 Å². The van der Waals surface area contributed by atoms with Crippen molar-refractivity contribution in [1.82, 2.24) is 4.90 Å². The molecule has 4 nitrogen and oxygen atoms in total. The maximum Gasteiger partial charge on any atom is 0.411 e. The Morgan fingerprint density at radius 1 is 1.00 bits per heavy atom. The first-order valence-corrected chi connectivity index (χ1v) is 8.94.